The molecule has 2 saturated heterocycles. The summed E-state index contributed by atoms with van der Waals surface area (Å²) < 4.78 is 27.0. The van der Waals surface area contributed by atoms with E-state index in [4.69, 9.17) is 0 Å². The second-order valence-corrected chi connectivity index (χ2v) is 6.21. The van der Waals surface area contributed by atoms with Crippen LogP contribution in [-0.4, -0.2) is 54.7 Å². The van der Waals surface area contributed by atoms with Gasteiger partial charge in [0, 0.05) is 43.9 Å². The number of amides is 1. The van der Waals surface area contributed by atoms with Crippen molar-refractivity contribution in [1.82, 2.24) is 10.2 Å². The van der Waals surface area contributed by atoms with Gasteiger partial charge in [0.05, 0.1) is 11.7 Å². The van der Waals surface area contributed by atoms with E-state index in [1.165, 1.54) is 6.07 Å². The summed E-state index contributed by atoms with van der Waals surface area (Å²) in [6, 6.07) is 3.36. The van der Waals surface area contributed by atoms with Gasteiger partial charge in [-0.3, -0.25) is 10.1 Å². The predicted octanol–water partition coefficient (Wildman–Crippen LogP) is 1.28. The molecule has 0 aromatic heterocycles. The highest BCUT2D eigenvalue weighted by molar-refractivity contribution is 7.99. The van der Waals surface area contributed by atoms with E-state index in [2.05, 4.69) is 5.32 Å². The minimum absolute atomic E-state index is 0.104. The molecule has 1 amide bonds. The molecule has 2 aliphatic rings. The zero-order valence-electron chi connectivity index (χ0n) is 11.5. The topological polar surface area (TPSA) is 35.6 Å². The largest absolute Gasteiger partial charge is 0.366 e. The fourth-order valence-corrected chi connectivity index (χ4v) is 3.60. The molecule has 2 aliphatic heterocycles. The van der Waals surface area contributed by atoms with Crippen molar-refractivity contribution in [1.29, 1.82) is 0 Å². The Kier molecular flexibility index (Phi) is 4.30. The van der Waals surface area contributed by atoms with Crippen molar-refractivity contribution in [3.8, 4) is 0 Å². The highest BCUT2D eigenvalue weighted by Crippen LogP contribution is 2.22. The molecule has 1 N–H and O–H groups in total. The Hall–Kier alpha value is -1.34. The lowest BCUT2D eigenvalue weighted by Gasteiger charge is -2.37. The number of hydrogen-bond donors (Lipinski definition) is 1. The molecular formula is C14H17F2N3OS. The smallest absolute Gasteiger partial charge is 0.240 e. The third-order valence-electron chi connectivity index (χ3n) is 3.85. The fourth-order valence-electron chi connectivity index (χ4n) is 2.67. The minimum Gasteiger partial charge on any atom is -0.366 e. The molecule has 0 aliphatic carbocycles. The van der Waals surface area contributed by atoms with Gasteiger partial charge >= 0.3 is 0 Å². The Bertz CT molecular complexity index is 529. The molecule has 0 bridgehead atoms. The second kappa shape index (κ2) is 6.19. The van der Waals surface area contributed by atoms with Crippen molar-refractivity contribution in [3.63, 3.8) is 0 Å². The summed E-state index contributed by atoms with van der Waals surface area (Å²) in [4.78, 5) is 15.9. The maximum atomic E-state index is 13.8. The molecular weight excluding hydrogens is 296 g/mol. The molecule has 1 unspecified atom stereocenters. The quantitative estimate of drug-likeness (QED) is 0.892. The normalized spacial score (nSPS) is 22.7. The lowest BCUT2D eigenvalue weighted by molar-refractivity contribution is -0.132. The maximum absolute atomic E-state index is 13.8. The van der Waals surface area contributed by atoms with Crippen LogP contribution in [0.15, 0.2) is 18.2 Å². The summed E-state index contributed by atoms with van der Waals surface area (Å²) in [6.45, 7) is 2.12. The van der Waals surface area contributed by atoms with Gasteiger partial charge in [-0.25, -0.2) is 8.78 Å². The second-order valence-electron chi connectivity index (χ2n) is 5.18. The van der Waals surface area contributed by atoms with E-state index >= 15 is 0 Å². The van der Waals surface area contributed by atoms with Gasteiger partial charge in [0.15, 0.2) is 0 Å². The molecule has 0 spiro atoms. The summed E-state index contributed by atoms with van der Waals surface area (Å²) >= 11 is 1.72. The van der Waals surface area contributed by atoms with Crippen LogP contribution in [0.3, 0.4) is 0 Å². The van der Waals surface area contributed by atoms with Gasteiger partial charge in [-0.1, -0.05) is 0 Å². The summed E-state index contributed by atoms with van der Waals surface area (Å²) in [5, 5.41) is 3.16. The van der Waals surface area contributed by atoms with E-state index in [9.17, 15) is 13.6 Å². The number of halogens is 2. The number of piperazine rings is 1. The number of nitrogens with zero attached hydrogens (tertiary/aromatic N) is 2. The van der Waals surface area contributed by atoms with Crippen LogP contribution in [0.4, 0.5) is 14.5 Å². The average molecular weight is 313 g/mol. The average Bonchev–Trinajstić information content (AvgIpc) is 3.03. The Morgan fingerprint density at radius 3 is 2.67 bits per heavy atom. The van der Waals surface area contributed by atoms with E-state index in [0.29, 0.717) is 26.2 Å². The fraction of sp³-hybridized carbons (Fsp3) is 0.500. The number of carbonyl (C=O) groups is 1. The number of thioether (sulfide) groups is 1. The van der Waals surface area contributed by atoms with Crippen LogP contribution in [0.2, 0.25) is 0 Å². The van der Waals surface area contributed by atoms with E-state index in [1.807, 2.05) is 0 Å². The molecule has 21 heavy (non-hydrogen) atoms. The van der Waals surface area contributed by atoms with Crippen LogP contribution in [-0.2, 0) is 4.79 Å². The monoisotopic (exact) mass is 313 g/mol. The maximum Gasteiger partial charge on any atom is 0.240 e. The van der Waals surface area contributed by atoms with Crippen LogP contribution in [0, 0.1) is 11.6 Å². The Labute approximate surface area is 126 Å². The van der Waals surface area contributed by atoms with Gasteiger partial charge < -0.3 is 9.80 Å². The zero-order valence-corrected chi connectivity index (χ0v) is 12.3. The Balaban J connectivity index is 1.62. The van der Waals surface area contributed by atoms with Crippen molar-refractivity contribution in [2.24, 2.45) is 0 Å². The summed E-state index contributed by atoms with van der Waals surface area (Å²) in [6.07, 6.45) is 0. The molecule has 114 valence electrons. The van der Waals surface area contributed by atoms with Gasteiger partial charge in [0.1, 0.15) is 11.6 Å². The number of rotatable bonds is 2. The highest BCUT2D eigenvalue weighted by atomic mass is 32.2. The molecule has 2 fully saturated rings. The van der Waals surface area contributed by atoms with Gasteiger partial charge in [0.25, 0.3) is 0 Å². The van der Waals surface area contributed by atoms with E-state index in [1.54, 1.807) is 21.6 Å². The molecule has 0 saturated carbocycles. The van der Waals surface area contributed by atoms with Crippen LogP contribution >= 0.6 is 11.8 Å². The summed E-state index contributed by atoms with van der Waals surface area (Å²) in [5.74, 6) is 0.851. The lowest BCUT2D eigenvalue weighted by atomic mass is 10.2. The third-order valence-corrected chi connectivity index (χ3v) is 4.79. The van der Waals surface area contributed by atoms with Crippen LogP contribution < -0.4 is 10.2 Å². The van der Waals surface area contributed by atoms with Gasteiger partial charge in [-0.05, 0) is 12.1 Å². The Morgan fingerprint density at radius 1 is 1.24 bits per heavy atom. The highest BCUT2D eigenvalue weighted by Gasteiger charge is 2.30. The molecule has 0 radical (unpaired) electrons. The van der Waals surface area contributed by atoms with Crippen molar-refractivity contribution < 1.29 is 13.6 Å². The van der Waals surface area contributed by atoms with Gasteiger partial charge in [-0.2, -0.15) is 0 Å². The van der Waals surface area contributed by atoms with E-state index < -0.39 is 11.6 Å². The first-order valence-corrected chi connectivity index (χ1v) is 8.10. The molecule has 2 heterocycles. The molecule has 3 rings (SSSR count). The zero-order chi connectivity index (χ0) is 14.8. The molecule has 1 aromatic rings. The molecule has 7 heteroatoms. The molecule has 4 nitrogen and oxygen atoms in total. The number of carbonyl (C=O) groups excluding carboxylic acids is 1. The van der Waals surface area contributed by atoms with Crippen molar-refractivity contribution >= 4 is 23.4 Å². The molecule has 1 aromatic carbocycles. The lowest BCUT2D eigenvalue weighted by Crippen LogP contribution is -2.53. The standard InChI is InChI=1S/C14H17F2N3OS/c15-10-1-2-11(16)13(7-10)18-3-5-19(6-4-18)14(20)12-8-21-9-17-12/h1-2,7,12,17H,3-6,8-9H2. The SMILES string of the molecule is O=C(C1CSCN1)N1CCN(c2cc(F)ccc2F)CC1. The van der Waals surface area contributed by atoms with Crippen molar-refractivity contribution in [3.05, 3.63) is 29.8 Å². The first-order valence-electron chi connectivity index (χ1n) is 6.95. The summed E-state index contributed by atoms with van der Waals surface area (Å²) in [7, 11) is 0. The first-order chi connectivity index (χ1) is 10.1. The summed E-state index contributed by atoms with van der Waals surface area (Å²) in [5.41, 5.74) is 0.275. The molecule has 1 atom stereocenters. The van der Waals surface area contributed by atoms with Crippen LogP contribution in [0.1, 0.15) is 0 Å². The Morgan fingerprint density at radius 2 is 2.00 bits per heavy atom. The number of hydrogen-bond acceptors (Lipinski definition) is 4. The minimum atomic E-state index is -0.447. The van der Waals surface area contributed by atoms with Crippen molar-refractivity contribution in [2.75, 3.05) is 42.7 Å². The van der Waals surface area contributed by atoms with E-state index in [-0.39, 0.29) is 17.6 Å². The third kappa shape index (κ3) is 3.13. The number of nitrogens with one attached hydrogen (secondary N) is 1. The predicted molar refractivity (Wildman–Crippen MR) is 79.4 cm³/mol. The number of benzene rings is 1. The number of anilines is 1. The van der Waals surface area contributed by atoms with Crippen LogP contribution in [0.25, 0.3) is 0 Å². The van der Waals surface area contributed by atoms with Crippen molar-refractivity contribution in [2.45, 2.75) is 6.04 Å². The first kappa shape index (κ1) is 14.6. The van der Waals surface area contributed by atoms with Gasteiger partial charge in [0.2, 0.25) is 5.91 Å². The van der Waals surface area contributed by atoms with E-state index in [0.717, 1.165) is 23.8 Å². The van der Waals surface area contributed by atoms with Crippen LogP contribution in [0.5, 0.6) is 0 Å². The van der Waals surface area contributed by atoms with Gasteiger partial charge in [-0.15, -0.1) is 11.8 Å².